The van der Waals surface area contributed by atoms with Gasteiger partial charge in [0.25, 0.3) is 0 Å². The molecule has 0 aliphatic rings. The van der Waals surface area contributed by atoms with Crippen LogP contribution in [0.5, 0.6) is 5.75 Å². The van der Waals surface area contributed by atoms with E-state index in [4.69, 9.17) is 10.5 Å². The van der Waals surface area contributed by atoms with E-state index in [1.165, 1.54) is 0 Å². The monoisotopic (exact) mass is 300 g/mol. The third-order valence-electron chi connectivity index (χ3n) is 2.88. The first-order chi connectivity index (χ1) is 9.34. The van der Waals surface area contributed by atoms with E-state index < -0.39 is 9.84 Å². The number of rotatable bonds is 8. The van der Waals surface area contributed by atoms with Crippen molar-refractivity contribution in [2.45, 2.75) is 39.7 Å². The lowest BCUT2D eigenvalue weighted by atomic mass is 10.1. The van der Waals surface area contributed by atoms with Crippen LogP contribution in [0.2, 0.25) is 0 Å². The van der Waals surface area contributed by atoms with E-state index in [0.717, 1.165) is 11.4 Å². The highest BCUT2D eigenvalue weighted by atomic mass is 32.2. The normalized spacial score (nSPS) is 13.2. The average Bonchev–Trinajstić information content (AvgIpc) is 2.36. The summed E-state index contributed by atoms with van der Waals surface area (Å²) in [5.41, 5.74) is 7.55. The lowest BCUT2D eigenvalue weighted by molar-refractivity contribution is 0.312. The fraction of sp³-hybridized carbons (Fsp3) is 0.643. The van der Waals surface area contributed by atoms with Gasteiger partial charge in [0, 0.05) is 23.9 Å². The molecule has 5 nitrogen and oxygen atoms in total. The quantitative estimate of drug-likeness (QED) is 0.735. The van der Waals surface area contributed by atoms with Crippen molar-refractivity contribution in [1.29, 1.82) is 0 Å². The summed E-state index contributed by atoms with van der Waals surface area (Å²) >= 11 is 0. The molecule has 1 aromatic rings. The molecule has 0 saturated heterocycles. The van der Waals surface area contributed by atoms with Gasteiger partial charge in [0.15, 0.2) is 0 Å². The molecule has 0 saturated carbocycles. The van der Waals surface area contributed by atoms with Crippen molar-refractivity contribution in [3.05, 3.63) is 23.5 Å². The summed E-state index contributed by atoms with van der Waals surface area (Å²) in [6, 6.07) is 3.75. The van der Waals surface area contributed by atoms with Gasteiger partial charge in [-0.3, -0.25) is 4.98 Å². The van der Waals surface area contributed by atoms with Crippen molar-refractivity contribution in [2.75, 3.05) is 18.1 Å². The minimum Gasteiger partial charge on any atom is -0.492 e. The van der Waals surface area contributed by atoms with Crippen LogP contribution in [-0.2, 0) is 16.3 Å². The Morgan fingerprint density at radius 1 is 1.40 bits per heavy atom. The van der Waals surface area contributed by atoms with Crippen LogP contribution in [0.3, 0.4) is 0 Å². The number of pyridine rings is 1. The van der Waals surface area contributed by atoms with Gasteiger partial charge in [-0.05, 0) is 32.4 Å². The highest BCUT2D eigenvalue weighted by molar-refractivity contribution is 7.91. The molecule has 0 aromatic carbocycles. The molecule has 1 atom stereocenters. The highest BCUT2D eigenvalue weighted by Crippen LogP contribution is 2.18. The lowest BCUT2D eigenvalue weighted by Gasteiger charge is -2.13. The molecule has 2 N–H and O–H groups in total. The van der Waals surface area contributed by atoms with Gasteiger partial charge in [-0.25, -0.2) is 8.42 Å². The van der Waals surface area contributed by atoms with Crippen LogP contribution in [-0.4, -0.2) is 37.6 Å². The molecule has 0 amide bonds. The maximum atomic E-state index is 11.4. The van der Waals surface area contributed by atoms with Crippen molar-refractivity contribution < 1.29 is 13.2 Å². The molecule has 0 fully saturated rings. The molecule has 114 valence electrons. The van der Waals surface area contributed by atoms with Gasteiger partial charge in [-0.1, -0.05) is 6.92 Å². The lowest BCUT2D eigenvalue weighted by Crippen LogP contribution is -2.19. The van der Waals surface area contributed by atoms with Crippen molar-refractivity contribution in [2.24, 2.45) is 5.73 Å². The number of sulfone groups is 1. The van der Waals surface area contributed by atoms with Crippen LogP contribution in [0.25, 0.3) is 0 Å². The molecular weight excluding hydrogens is 276 g/mol. The Morgan fingerprint density at radius 2 is 2.10 bits per heavy atom. The minimum atomic E-state index is -2.93. The minimum absolute atomic E-state index is 0.00659. The van der Waals surface area contributed by atoms with Gasteiger partial charge < -0.3 is 10.5 Å². The third-order valence-corrected chi connectivity index (χ3v) is 4.67. The topological polar surface area (TPSA) is 82.3 Å². The largest absolute Gasteiger partial charge is 0.492 e. The number of aromatic nitrogens is 1. The Balaban J connectivity index is 2.59. The molecule has 1 rings (SSSR count). The smallest absolute Gasteiger partial charge is 0.150 e. The highest BCUT2D eigenvalue weighted by Gasteiger charge is 2.10. The maximum Gasteiger partial charge on any atom is 0.150 e. The van der Waals surface area contributed by atoms with E-state index in [-0.39, 0.29) is 17.5 Å². The summed E-state index contributed by atoms with van der Waals surface area (Å²) in [5.74, 6) is 1.03. The Hall–Kier alpha value is -1.14. The summed E-state index contributed by atoms with van der Waals surface area (Å²) in [7, 11) is -2.93. The third kappa shape index (κ3) is 5.88. The van der Waals surface area contributed by atoms with E-state index in [1.54, 1.807) is 6.92 Å². The number of hydrogen-bond donors (Lipinski definition) is 1. The SMILES string of the molecule is CCS(=O)(=O)CCCOc1ccc(C)nc1CC(C)N. The zero-order chi connectivity index (χ0) is 15.2. The predicted octanol–water partition coefficient (Wildman–Crippen LogP) is 1.48. The molecular formula is C14H24N2O3S. The summed E-state index contributed by atoms with van der Waals surface area (Å²) in [4.78, 5) is 4.43. The first-order valence-corrected chi connectivity index (χ1v) is 8.71. The molecule has 0 spiro atoms. The van der Waals surface area contributed by atoms with Crippen LogP contribution in [0.1, 0.15) is 31.7 Å². The molecule has 1 aromatic heterocycles. The number of ether oxygens (including phenoxy) is 1. The fourth-order valence-electron chi connectivity index (χ4n) is 1.79. The first kappa shape index (κ1) is 16.9. The van der Waals surface area contributed by atoms with E-state index in [1.807, 2.05) is 26.0 Å². The van der Waals surface area contributed by atoms with E-state index >= 15 is 0 Å². The molecule has 1 unspecified atom stereocenters. The van der Waals surface area contributed by atoms with Crippen LogP contribution < -0.4 is 10.5 Å². The van der Waals surface area contributed by atoms with Gasteiger partial charge in [-0.15, -0.1) is 0 Å². The van der Waals surface area contributed by atoms with Gasteiger partial charge in [0.1, 0.15) is 15.6 Å². The average molecular weight is 300 g/mol. The van der Waals surface area contributed by atoms with Crippen LogP contribution in [0.4, 0.5) is 0 Å². The summed E-state index contributed by atoms with van der Waals surface area (Å²) < 4.78 is 28.4. The van der Waals surface area contributed by atoms with Crippen molar-refractivity contribution in [1.82, 2.24) is 4.98 Å². The Labute approximate surface area is 121 Å². The Bertz CT molecular complexity index is 527. The van der Waals surface area contributed by atoms with Crippen molar-refractivity contribution in [3.8, 4) is 5.75 Å². The molecule has 0 aliphatic heterocycles. The first-order valence-electron chi connectivity index (χ1n) is 6.89. The van der Waals surface area contributed by atoms with Gasteiger partial charge in [0.05, 0.1) is 18.1 Å². The predicted molar refractivity (Wildman–Crippen MR) is 80.8 cm³/mol. The second-order valence-corrected chi connectivity index (χ2v) is 7.49. The van der Waals surface area contributed by atoms with Crippen molar-refractivity contribution in [3.63, 3.8) is 0 Å². The molecule has 0 radical (unpaired) electrons. The summed E-state index contributed by atoms with van der Waals surface area (Å²) in [6.45, 7) is 5.86. The summed E-state index contributed by atoms with van der Waals surface area (Å²) in [6.07, 6.45) is 1.13. The van der Waals surface area contributed by atoms with Gasteiger partial charge in [-0.2, -0.15) is 0 Å². The van der Waals surface area contributed by atoms with Gasteiger partial charge >= 0.3 is 0 Å². The van der Waals surface area contributed by atoms with E-state index in [2.05, 4.69) is 4.98 Å². The Morgan fingerprint density at radius 3 is 2.70 bits per heavy atom. The van der Waals surface area contributed by atoms with Crippen molar-refractivity contribution >= 4 is 9.84 Å². The number of nitrogens with two attached hydrogens (primary N) is 1. The van der Waals surface area contributed by atoms with E-state index in [0.29, 0.717) is 25.2 Å². The molecule has 0 aliphatic carbocycles. The molecule has 1 heterocycles. The molecule has 20 heavy (non-hydrogen) atoms. The van der Waals surface area contributed by atoms with E-state index in [9.17, 15) is 8.42 Å². The summed E-state index contributed by atoms with van der Waals surface area (Å²) in [5, 5.41) is 0. The van der Waals surface area contributed by atoms with Gasteiger partial charge in [0.2, 0.25) is 0 Å². The Kier molecular flexibility index (Phi) is 6.42. The number of hydrogen-bond acceptors (Lipinski definition) is 5. The second kappa shape index (κ2) is 7.59. The number of nitrogens with zero attached hydrogens (tertiary/aromatic N) is 1. The second-order valence-electron chi connectivity index (χ2n) is 5.02. The fourth-order valence-corrected chi connectivity index (χ4v) is 2.63. The van der Waals surface area contributed by atoms with Crippen LogP contribution in [0, 0.1) is 6.92 Å². The van der Waals surface area contributed by atoms with Crippen LogP contribution >= 0.6 is 0 Å². The maximum absolute atomic E-state index is 11.4. The molecule has 0 bridgehead atoms. The number of aryl methyl sites for hydroxylation is 1. The standard InChI is InChI=1S/C14H24N2O3S/c1-4-20(17,18)9-5-8-19-14-7-6-12(3)16-13(14)10-11(2)15/h6-7,11H,4-5,8-10,15H2,1-3H3. The molecule has 6 heteroatoms. The van der Waals surface area contributed by atoms with Crippen LogP contribution in [0.15, 0.2) is 12.1 Å². The zero-order valence-electron chi connectivity index (χ0n) is 12.4. The zero-order valence-corrected chi connectivity index (χ0v) is 13.2.